The Labute approximate surface area is 128 Å². The van der Waals surface area contributed by atoms with Crippen molar-refractivity contribution in [3.63, 3.8) is 0 Å². The van der Waals surface area contributed by atoms with E-state index in [1.807, 2.05) is 31.2 Å². The van der Waals surface area contributed by atoms with Gasteiger partial charge in [-0.2, -0.15) is 10.4 Å². The van der Waals surface area contributed by atoms with Gasteiger partial charge in [0, 0.05) is 13.0 Å². The van der Waals surface area contributed by atoms with Crippen LogP contribution in [0.15, 0.2) is 30.5 Å². The lowest BCUT2D eigenvalue weighted by molar-refractivity contribution is -0.117. The van der Waals surface area contributed by atoms with E-state index in [1.54, 1.807) is 9.58 Å². The molecule has 1 unspecified atom stereocenters. The topological polar surface area (TPSA) is 87.9 Å². The maximum absolute atomic E-state index is 12.3. The summed E-state index contributed by atoms with van der Waals surface area (Å²) < 4.78 is 1.65. The third kappa shape index (κ3) is 2.36. The van der Waals surface area contributed by atoms with Crippen molar-refractivity contribution in [3.05, 3.63) is 41.6 Å². The van der Waals surface area contributed by atoms with Crippen LogP contribution in [0.4, 0.5) is 5.82 Å². The molecule has 1 aliphatic heterocycles. The maximum atomic E-state index is 12.3. The van der Waals surface area contributed by atoms with Gasteiger partial charge in [0.25, 0.3) is 0 Å². The molecule has 0 saturated carbocycles. The molecule has 6 heteroatoms. The van der Waals surface area contributed by atoms with E-state index in [4.69, 9.17) is 5.73 Å². The number of aromatic nitrogens is 2. The monoisotopic (exact) mass is 295 g/mol. The van der Waals surface area contributed by atoms with Crippen LogP contribution in [0.3, 0.4) is 0 Å². The summed E-state index contributed by atoms with van der Waals surface area (Å²) >= 11 is 0. The summed E-state index contributed by atoms with van der Waals surface area (Å²) in [7, 11) is 0. The predicted octanol–water partition coefficient (Wildman–Crippen LogP) is 1.36. The number of carbonyl (C=O) groups excluding carboxylic acids is 1. The van der Waals surface area contributed by atoms with Gasteiger partial charge in [-0.25, -0.2) is 4.68 Å². The van der Waals surface area contributed by atoms with E-state index in [-0.39, 0.29) is 11.8 Å². The van der Waals surface area contributed by atoms with Crippen molar-refractivity contribution in [1.82, 2.24) is 9.78 Å². The zero-order valence-electron chi connectivity index (χ0n) is 12.4. The number of aryl methyl sites for hydroxylation is 1. The Balaban J connectivity index is 2.07. The molecule has 1 saturated heterocycles. The molecule has 2 aromatic rings. The predicted molar refractivity (Wildman–Crippen MR) is 82.5 cm³/mol. The third-order valence-corrected chi connectivity index (χ3v) is 3.94. The maximum Gasteiger partial charge on any atom is 0.228 e. The van der Waals surface area contributed by atoms with Crippen molar-refractivity contribution in [3.8, 4) is 11.8 Å². The first-order valence-electron chi connectivity index (χ1n) is 7.19. The molecule has 1 aromatic heterocycles. The number of nitriles is 1. The highest BCUT2D eigenvalue weighted by molar-refractivity contribution is 5.96. The number of anilines is 1. The van der Waals surface area contributed by atoms with Crippen LogP contribution in [0.1, 0.15) is 17.5 Å². The van der Waals surface area contributed by atoms with Gasteiger partial charge in [0.1, 0.15) is 11.6 Å². The van der Waals surface area contributed by atoms with Gasteiger partial charge in [-0.15, -0.1) is 0 Å². The highest BCUT2D eigenvalue weighted by atomic mass is 16.2. The van der Waals surface area contributed by atoms with Gasteiger partial charge in [0.05, 0.1) is 11.9 Å². The molecule has 1 atom stereocenters. The molecule has 1 aliphatic rings. The van der Waals surface area contributed by atoms with Crippen LogP contribution in [-0.2, 0) is 4.79 Å². The van der Waals surface area contributed by atoms with Gasteiger partial charge in [-0.3, -0.25) is 9.69 Å². The Morgan fingerprint density at radius 1 is 1.41 bits per heavy atom. The van der Waals surface area contributed by atoms with E-state index in [1.165, 1.54) is 6.20 Å². The van der Waals surface area contributed by atoms with Crippen LogP contribution < -0.4 is 10.6 Å². The fraction of sp³-hybridized carbons (Fsp3) is 0.312. The first-order chi connectivity index (χ1) is 10.6. The summed E-state index contributed by atoms with van der Waals surface area (Å²) in [6.07, 6.45) is 1.92. The normalized spacial score (nSPS) is 17.8. The van der Waals surface area contributed by atoms with Crippen LogP contribution in [0.5, 0.6) is 0 Å². The summed E-state index contributed by atoms with van der Waals surface area (Å²) in [5, 5.41) is 13.6. The minimum Gasteiger partial charge on any atom is -0.330 e. The van der Waals surface area contributed by atoms with E-state index in [0.717, 1.165) is 11.3 Å². The summed E-state index contributed by atoms with van der Waals surface area (Å²) in [6.45, 7) is 2.99. The molecule has 1 amide bonds. The number of rotatable bonds is 3. The van der Waals surface area contributed by atoms with Crippen molar-refractivity contribution < 1.29 is 4.79 Å². The number of carbonyl (C=O) groups is 1. The van der Waals surface area contributed by atoms with Gasteiger partial charge >= 0.3 is 0 Å². The Kier molecular flexibility index (Phi) is 3.65. The highest BCUT2D eigenvalue weighted by Crippen LogP contribution is 2.29. The average molecular weight is 295 g/mol. The molecule has 0 radical (unpaired) electrons. The molecule has 1 aromatic carbocycles. The van der Waals surface area contributed by atoms with Crippen LogP contribution in [-0.4, -0.2) is 28.8 Å². The van der Waals surface area contributed by atoms with Gasteiger partial charge in [-0.1, -0.05) is 17.7 Å². The Morgan fingerprint density at radius 3 is 2.73 bits per heavy atom. The minimum absolute atomic E-state index is 0.0131. The molecule has 22 heavy (non-hydrogen) atoms. The molecule has 0 aliphatic carbocycles. The van der Waals surface area contributed by atoms with Crippen LogP contribution in [0.2, 0.25) is 0 Å². The van der Waals surface area contributed by atoms with Gasteiger partial charge < -0.3 is 5.73 Å². The van der Waals surface area contributed by atoms with E-state index in [2.05, 4.69) is 11.2 Å². The van der Waals surface area contributed by atoms with Crippen molar-refractivity contribution >= 4 is 11.7 Å². The summed E-state index contributed by atoms with van der Waals surface area (Å²) in [5.41, 5.74) is 8.04. The lowest BCUT2D eigenvalue weighted by atomic mass is 10.1. The number of hydrogen-bond donors (Lipinski definition) is 1. The van der Waals surface area contributed by atoms with E-state index in [9.17, 15) is 10.1 Å². The second-order valence-electron chi connectivity index (χ2n) is 5.55. The molecular weight excluding hydrogens is 278 g/mol. The van der Waals surface area contributed by atoms with Gasteiger partial charge in [0.2, 0.25) is 5.91 Å². The Morgan fingerprint density at radius 2 is 2.14 bits per heavy atom. The molecule has 2 heterocycles. The van der Waals surface area contributed by atoms with Crippen LogP contribution >= 0.6 is 0 Å². The van der Waals surface area contributed by atoms with Gasteiger partial charge in [-0.05, 0) is 31.5 Å². The minimum atomic E-state index is -0.0131. The first kappa shape index (κ1) is 14.3. The lowest BCUT2D eigenvalue weighted by Crippen LogP contribution is -2.28. The standard InChI is InChI=1S/C16H17N5O/c1-11-2-4-14(5-3-11)21-16(13(8-18)9-19-21)20-10-12(7-17)6-15(20)22/h2-5,9,12H,6-7,10,17H2,1H3. The zero-order chi connectivity index (χ0) is 15.7. The molecule has 2 N–H and O–H groups in total. The Bertz CT molecular complexity index is 741. The second kappa shape index (κ2) is 5.62. The second-order valence-corrected chi connectivity index (χ2v) is 5.55. The molecule has 3 rings (SSSR count). The summed E-state index contributed by atoms with van der Waals surface area (Å²) in [4.78, 5) is 13.9. The van der Waals surface area contributed by atoms with Crippen LogP contribution in [0.25, 0.3) is 5.69 Å². The van der Waals surface area contributed by atoms with E-state index >= 15 is 0 Å². The Hall–Kier alpha value is -2.65. The number of hydrogen-bond acceptors (Lipinski definition) is 4. The molecular formula is C16H17N5O. The highest BCUT2D eigenvalue weighted by Gasteiger charge is 2.33. The largest absolute Gasteiger partial charge is 0.330 e. The van der Waals surface area contributed by atoms with Crippen molar-refractivity contribution in [2.24, 2.45) is 11.7 Å². The number of benzene rings is 1. The number of amides is 1. The lowest BCUT2D eigenvalue weighted by Gasteiger charge is -2.18. The molecule has 6 nitrogen and oxygen atoms in total. The summed E-state index contributed by atoms with van der Waals surface area (Å²) in [5.74, 6) is 0.647. The molecule has 0 spiro atoms. The smallest absolute Gasteiger partial charge is 0.228 e. The zero-order valence-corrected chi connectivity index (χ0v) is 12.4. The van der Waals surface area contributed by atoms with Crippen molar-refractivity contribution in [2.45, 2.75) is 13.3 Å². The van der Waals surface area contributed by atoms with Crippen molar-refractivity contribution in [2.75, 3.05) is 18.0 Å². The first-order valence-corrected chi connectivity index (χ1v) is 7.19. The molecule has 0 bridgehead atoms. The average Bonchev–Trinajstić information content (AvgIpc) is 3.10. The molecule has 1 fully saturated rings. The fourth-order valence-corrected chi connectivity index (χ4v) is 2.70. The quantitative estimate of drug-likeness (QED) is 0.926. The van der Waals surface area contributed by atoms with Crippen LogP contribution in [0, 0.1) is 24.2 Å². The SMILES string of the molecule is Cc1ccc(-n2ncc(C#N)c2N2CC(CN)CC2=O)cc1. The van der Waals surface area contributed by atoms with E-state index in [0.29, 0.717) is 30.9 Å². The van der Waals surface area contributed by atoms with E-state index < -0.39 is 0 Å². The third-order valence-electron chi connectivity index (χ3n) is 3.94. The summed E-state index contributed by atoms with van der Waals surface area (Å²) in [6, 6.07) is 9.92. The van der Waals surface area contributed by atoms with Crippen molar-refractivity contribution in [1.29, 1.82) is 5.26 Å². The number of nitrogens with two attached hydrogens (primary N) is 1. The number of nitrogens with zero attached hydrogens (tertiary/aromatic N) is 4. The van der Waals surface area contributed by atoms with Gasteiger partial charge in [0.15, 0.2) is 5.82 Å². The fourth-order valence-electron chi connectivity index (χ4n) is 2.70. The molecule has 112 valence electrons.